The topological polar surface area (TPSA) is 56.2 Å². The molecule has 0 radical (unpaired) electrons. The Morgan fingerprint density at radius 2 is 1.70 bits per heavy atom. The lowest BCUT2D eigenvalue weighted by Gasteiger charge is -2.10. The molecule has 0 aliphatic carbocycles. The summed E-state index contributed by atoms with van der Waals surface area (Å²) in [6.07, 6.45) is -4.52. The third kappa shape index (κ3) is 1.97. The molecule has 3 aromatic rings. The van der Waals surface area contributed by atoms with Crippen LogP contribution < -0.4 is 5.73 Å². The predicted molar refractivity (Wildman–Crippen MR) is 67.8 cm³/mol. The van der Waals surface area contributed by atoms with Crippen molar-refractivity contribution in [3.63, 3.8) is 0 Å². The molecule has 4 nitrogen and oxygen atoms in total. The van der Waals surface area contributed by atoms with E-state index in [0.717, 1.165) is 16.1 Å². The molecule has 0 aliphatic rings. The first kappa shape index (κ1) is 12.5. The maximum absolute atomic E-state index is 12.9. The summed E-state index contributed by atoms with van der Waals surface area (Å²) in [4.78, 5) is 3.89. The van der Waals surface area contributed by atoms with E-state index in [-0.39, 0.29) is 11.6 Å². The van der Waals surface area contributed by atoms with Gasteiger partial charge in [-0.3, -0.25) is 0 Å². The molecule has 0 aliphatic heterocycles. The fourth-order valence-electron chi connectivity index (χ4n) is 2.04. The molecule has 2 N–H and O–H groups in total. The summed E-state index contributed by atoms with van der Waals surface area (Å²) in [5.74, 6) is -0.195. The largest absolute Gasteiger partial charge is 0.433 e. The van der Waals surface area contributed by atoms with Crippen LogP contribution in [0.1, 0.15) is 5.69 Å². The van der Waals surface area contributed by atoms with E-state index in [9.17, 15) is 13.2 Å². The second kappa shape index (κ2) is 4.22. The monoisotopic (exact) mass is 278 g/mol. The van der Waals surface area contributed by atoms with Crippen molar-refractivity contribution in [1.82, 2.24) is 14.6 Å². The summed E-state index contributed by atoms with van der Waals surface area (Å²) in [6, 6.07) is 11.3. The van der Waals surface area contributed by atoms with E-state index >= 15 is 0 Å². The van der Waals surface area contributed by atoms with E-state index in [0.29, 0.717) is 5.56 Å². The fraction of sp³-hybridized carbons (Fsp3) is 0.0769. The van der Waals surface area contributed by atoms with Crippen molar-refractivity contribution in [1.29, 1.82) is 0 Å². The number of nitrogen functional groups attached to an aromatic ring is 1. The third-order valence-electron chi connectivity index (χ3n) is 2.88. The number of nitrogens with two attached hydrogens (primary N) is 1. The zero-order valence-electron chi connectivity index (χ0n) is 10.1. The number of alkyl halides is 3. The van der Waals surface area contributed by atoms with Gasteiger partial charge in [-0.2, -0.15) is 18.2 Å². The Morgan fingerprint density at radius 1 is 1.00 bits per heavy atom. The molecule has 0 spiro atoms. The number of pyridine rings is 1. The SMILES string of the molecule is Nc1nc2c(-c3ccccc3)ccc(C(F)(F)F)n2n1. The van der Waals surface area contributed by atoms with Crippen LogP contribution in [0.3, 0.4) is 0 Å². The summed E-state index contributed by atoms with van der Waals surface area (Å²) >= 11 is 0. The molecule has 0 amide bonds. The highest BCUT2D eigenvalue weighted by Gasteiger charge is 2.35. The Kier molecular flexibility index (Phi) is 2.63. The highest BCUT2D eigenvalue weighted by Crippen LogP contribution is 2.33. The van der Waals surface area contributed by atoms with E-state index in [1.807, 2.05) is 6.07 Å². The number of nitrogens with zero attached hydrogens (tertiary/aromatic N) is 3. The second-order valence-electron chi connectivity index (χ2n) is 4.20. The van der Waals surface area contributed by atoms with Gasteiger partial charge in [0.25, 0.3) is 0 Å². The number of rotatable bonds is 1. The van der Waals surface area contributed by atoms with E-state index in [1.54, 1.807) is 24.3 Å². The predicted octanol–water partition coefficient (Wildman–Crippen LogP) is 3.00. The molecule has 0 bridgehead atoms. The number of aromatic nitrogens is 3. The highest BCUT2D eigenvalue weighted by atomic mass is 19.4. The number of hydrogen-bond acceptors (Lipinski definition) is 3. The average Bonchev–Trinajstić information content (AvgIpc) is 2.78. The zero-order valence-corrected chi connectivity index (χ0v) is 10.1. The first-order valence-corrected chi connectivity index (χ1v) is 5.75. The van der Waals surface area contributed by atoms with Gasteiger partial charge in [0, 0.05) is 5.56 Å². The number of benzene rings is 1. The molecule has 0 fully saturated rings. The smallest absolute Gasteiger partial charge is 0.366 e. The minimum absolute atomic E-state index is 0.0866. The lowest BCUT2D eigenvalue weighted by atomic mass is 10.1. The molecule has 0 unspecified atom stereocenters. The zero-order chi connectivity index (χ0) is 14.3. The van der Waals surface area contributed by atoms with Gasteiger partial charge in [0.1, 0.15) is 5.69 Å². The minimum atomic E-state index is -4.52. The molecular formula is C13H9F3N4. The van der Waals surface area contributed by atoms with Gasteiger partial charge in [-0.1, -0.05) is 30.3 Å². The van der Waals surface area contributed by atoms with Gasteiger partial charge in [0.15, 0.2) is 5.65 Å². The first-order valence-electron chi connectivity index (χ1n) is 5.75. The van der Waals surface area contributed by atoms with Crippen molar-refractivity contribution in [2.24, 2.45) is 0 Å². The van der Waals surface area contributed by atoms with Crippen LogP contribution in [0.5, 0.6) is 0 Å². The van der Waals surface area contributed by atoms with E-state index in [1.165, 1.54) is 6.07 Å². The van der Waals surface area contributed by atoms with Crippen molar-refractivity contribution >= 4 is 11.6 Å². The molecule has 102 valence electrons. The van der Waals surface area contributed by atoms with Crippen LogP contribution >= 0.6 is 0 Å². The van der Waals surface area contributed by atoms with Crippen molar-refractivity contribution in [3.8, 4) is 11.1 Å². The van der Waals surface area contributed by atoms with Crippen molar-refractivity contribution in [3.05, 3.63) is 48.2 Å². The van der Waals surface area contributed by atoms with Gasteiger partial charge >= 0.3 is 6.18 Å². The summed E-state index contributed by atoms with van der Waals surface area (Å²) < 4.78 is 39.5. The van der Waals surface area contributed by atoms with Gasteiger partial charge < -0.3 is 5.73 Å². The number of hydrogen-bond donors (Lipinski definition) is 1. The van der Waals surface area contributed by atoms with Crippen LogP contribution in [0.4, 0.5) is 19.1 Å². The molecule has 2 aromatic heterocycles. The molecule has 0 saturated heterocycles. The Morgan fingerprint density at radius 3 is 2.35 bits per heavy atom. The van der Waals surface area contributed by atoms with Gasteiger partial charge in [0.05, 0.1) is 0 Å². The van der Waals surface area contributed by atoms with Gasteiger partial charge in [-0.25, -0.2) is 4.52 Å². The summed E-state index contributed by atoms with van der Waals surface area (Å²) in [6.45, 7) is 0. The van der Waals surface area contributed by atoms with Crippen LogP contribution in [0.25, 0.3) is 16.8 Å². The van der Waals surface area contributed by atoms with Crippen LogP contribution in [-0.4, -0.2) is 14.6 Å². The number of anilines is 1. The standard InChI is InChI=1S/C13H9F3N4/c14-13(15,16)10-7-6-9(8-4-2-1-3-5-8)11-18-12(17)19-20(10)11/h1-7H,(H2,17,19). The van der Waals surface area contributed by atoms with Crippen LogP contribution in [0.15, 0.2) is 42.5 Å². The normalized spacial score (nSPS) is 11.9. The molecule has 1 aromatic carbocycles. The number of fused-ring (bicyclic) bond motifs is 1. The van der Waals surface area contributed by atoms with Crippen molar-refractivity contribution < 1.29 is 13.2 Å². The lowest BCUT2D eigenvalue weighted by Crippen LogP contribution is -2.12. The van der Waals surface area contributed by atoms with Gasteiger partial charge in [-0.05, 0) is 17.7 Å². The summed E-state index contributed by atoms with van der Waals surface area (Å²) in [5, 5.41) is 3.63. The maximum Gasteiger partial charge on any atom is 0.433 e. The maximum atomic E-state index is 12.9. The van der Waals surface area contributed by atoms with E-state index in [2.05, 4.69) is 10.1 Å². The van der Waals surface area contributed by atoms with Crippen molar-refractivity contribution in [2.45, 2.75) is 6.18 Å². The molecule has 0 atom stereocenters. The van der Waals surface area contributed by atoms with Gasteiger partial charge in [-0.15, -0.1) is 5.10 Å². The van der Waals surface area contributed by atoms with E-state index in [4.69, 9.17) is 5.73 Å². The van der Waals surface area contributed by atoms with Crippen LogP contribution in [-0.2, 0) is 6.18 Å². The first-order chi connectivity index (χ1) is 9.47. The Balaban J connectivity index is 2.32. The van der Waals surface area contributed by atoms with Crippen molar-refractivity contribution in [2.75, 3.05) is 5.73 Å². The fourth-order valence-corrected chi connectivity index (χ4v) is 2.04. The second-order valence-corrected chi connectivity index (χ2v) is 4.20. The minimum Gasteiger partial charge on any atom is -0.366 e. The average molecular weight is 278 g/mol. The molecule has 20 heavy (non-hydrogen) atoms. The lowest BCUT2D eigenvalue weighted by molar-refractivity contribution is -0.142. The molecular weight excluding hydrogens is 269 g/mol. The summed E-state index contributed by atoms with van der Waals surface area (Å²) in [5.41, 5.74) is 5.91. The Labute approximate surface area is 111 Å². The molecule has 3 rings (SSSR count). The van der Waals surface area contributed by atoms with E-state index < -0.39 is 11.9 Å². The third-order valence-corrected chi connectivity index (χ3v) is 2.88. The molecule has 2 heterocycles. The van der Waals surface area contributed by atoms with Crippen LogP contribution in [0.2, 0.25) is 0 Å². The Bertz CT molecular complexity index is 762. The highest BCUT2D eigenvalue weighted by molar-refractivity contribution is 5.78. The Hall–Kier alpha value is -2.57. The quantitative estimate of drug-likeness (QED) is 0.744. The van der Waals surface area contributed by atoms with Crippen LogP contribution in [0, 0.1) is 0 Å². The molecule has 0 saturated carbocycles. The number of halogens is 3. The summed E-state index contributed by atoms with van der Waals surface area (Å²) in [7, 11) is 0. The van der Waals surface area contributed by atoms with Gasteiger partial charge in [0.2, 0.25) is 5.95 Å². The molecule has 7 heteroatoms.